The fourth-order valence-corrected chi connectivity index (χ4v) is 3.11. The molecule has 1 fully saturated rings. The van der Waals surface area contributed by atoms with Crippen molar-refractivity contribution in [3.05, 3.63) is 47.5 Å². The highest BCUT2D eigenvalue weighted by atomic mass is 16.5. The number of rotatable bonds is 4. The molecule has 7 heteroatoms. The van der Waals surface area contributed by atoms with E-state index < -0.39 is 0 Å². The third kappa shape index (κ3) is 3.72. The summed E-state index contributed by atoms with van der Waals surface area (Å²) < 4.78 is 10.3. The molecule has 0 spiro atoms. The molecule has 1 saturated heterocycles. The average Bonchev–Trinajstić information content (AvgIpc) is 2.69. The predicted molar refractivity (Wildman–Crippen MR) is 101 cm³/mol. The number of aryl methyl sites for hydroxylation is 1. The lowest BCUT2D eigenvalue weighted by Crippen LogP contribution is -2.57. The predicted octanol–water partition coefficient (Wildman–Crippen LogP) is 2.28. The fourth-order valence-electron chi connectivity index (χ4n) is 3.11. The van der Waals surface area contributed by atoms with Gasteiger partial charge in [0.1, 0.15) is 12.1 Å². The van der Waals surface area contributed by atoms with Crippen molar-refractivity contribution < 1.29 is 19.1 Å². The van der Waals surface area contributed by atoms with Gasteiger partial charge in [0.2, 0.25) is 17.7 Å². The number of pyridine rings is 1. The first-order valence-electron chi connectivity index (χ1n) is 8.71. The van der Waals surface area contributed by atoms with Gasteiger partial charge in [0.05, 0.1) is 14.2 Å². The topological polar surface area (TPSA) is 72.0 Å². The summed E-state index contributed by atoms with van der Waals surface area (Å²) >= 11 is 0. The molecule has 1 aromatic heterocycles. The van der Waals surface area contributed by atoms with E-state index in [-0.39, 0.29) is 30.3 Å². The maximum Gasteiger partial charge on any atom is 0.260 e. The van der Waals surface area contributed by atoms with Gasteiger partial charge in [-0.15, -0.1) is 0 Å². The summed E-state index contributed by atoms with van der Waals surface area (Å²) in [5, 5.41) is 0. The van der Waals surface area contributed by atoms with Crippen molar-refractivity contribution >= 4 is 17.5 Å². The van der Waals surface area contributed by atoms with Crippen molar-refractivity contribution in [2.75, 3.05) is 32.2 Å². The molecular formula is C20H23N3O4. The summed E-state index contributed by atoms with van der Waals surface area (Å²) in [5.74, 6) is 0.133. The number of piperazine rings is 1. The van der Waals surface area contributed by atoms with Gasteiger partial charge in [0, 0.05) is 24.3 Å². The van der Waals surface area contributed by atoms with Gasteiger partial charge in [0.25, 0.3) is 5.91 Å². The Bertz CT molecular complexity index is 851. The molecule has 0 aliphatic carbocycles. The maximum atomic E-state index is 13.0. The first-order valence-corrected chi connectivity index (χ1v) is 8.71. The van der Waals surface area contributed by atoms with Crippen molar-refractivity contribution in [2.24, 2.45) is 0 Å². The van der Waals surface area contributed by atoms with E-state index in [9.17, 15) is 9.59 Å². The van der Waals surface area contributed by atoms with Crippen LogP contribution in [0, 0.1) is 6.92 Å². The van der Waals surface area contributed by atoms with Crippen LogP contribution in [0.1, 0.15) is 22.8 Å². The van der Waals surface area contributed by atoms with Crippen LogP contribution < -0.4 is 14.4 Å². The molecule has 0 N–H and O–H groups in total. The van der Waals surface area contributed by atoms with Gasteiger partial charge in [-0.3, -0.25) is 9.59 Å². The normalized spacial score (nSPS) is 17.0. The molecular weight excluding hydrogens is 346 g/mol. The lowest BCUT2D eigenvalue weighted by atomic mass is 10.1. The second kappa shape index (κ2) is 7.65. The Morgan fingerprint density at radius 3 is 2.44 bits per heavy atom. The highest BCUT2D eigenvalue weighted by Crippen LogP contribution is 2.25. The van der Waals surface area contributed by atoms with Crippen molar-refractivity contribution in [3.8, 4) is 11.8 Å². The molecule has 142 valence electrons. The minimum absolute atomic E-state index is 0.00304. The number of amides is 2. The Hall–Kier alpha value is -3.09. The molecule has 1 aliphatic heterocycles. The minimum atomic E-state index is -0.286. The summed E-state index contributed by atoms with van der Waals surface area (Å²) in [4.78, 5) is 33.1. The molecule has 0 saturated carbocycles. The number of hydrogen-bond donors (Lipinski definition) is 0. The first kappa shape index (κ1) is 18.7. The van der Waals surface area contributed by atoms with Gasteiger partial charge in [-0.05, 0) is 32.0 Å². The van der Waals surface area contributed by atoms with Crippen molar-refractivity contribution in [1.29, 1.82) is 0 Å². The smallest absolute Gasteiger partial charge is 0.260 e. The van der Waals surface area contributed by atoms with Gasteiger partial charge >= 0.3 is 0 Å². The van der Waals surface area contributed by atoms with E-state index in [1.165, 1.54) is 14.2 Å². The number of hydrogen-bond acceptors (Lipinski definition) is 5. The van der Waals surface area contributed by atoms with E-state index in [2.05, 4.69) is 4.98 Å². The highest BCUT2D eigenvalue weighted by molar-refractivity contribution is 6.03. The van der Waals surface area contributed by atoms with Crippen LogP contribution in [-0.4, -0.2) is 55.0 Å². The highest BCUT2D eigenvalue weighted by Gasteiger charge is 2.35. The zero-order valence-electron chi connectivity index (χ0n) is 15.9. The van der Waals surface area contributed by atoms with E-state index in [1.807, 2.05) is 38.1 Å². The summed E-state index contributed by atoms with van der Waals surface area (Å²) in [6.07, 6.45) is 0. The van der Waals surface area contributed by atoms with Gasteiger partial charge in [-0.25, -0.2) is 0 Å². The Kier molecular flexibility index (Phi) is 5.30. The number of anilines is 1. The number of methoxy groups -OCH3 is 2. The number of aromatic nitrogens is 1. The van der Waals surface area contributed by atoms with Crippen molar-refractivity contribution in [2.45, 2.75) is 19.9 Å². The van der Waals surface area contributed by atoms with Crippen molar-refractivity contribution in [1.82, 2.24) is 9.88 Å². The third-order valence-electron chi connectivity index (χ3n) is 4.66. The molecule has 2 aromatic rings. The molecule has 0 bridgehead atoms. The number of nitrogens with zero attached hydrogens (tertiary/aromatic N) is 3. The van der Waals surface area contributed by atoms with Crippen LogP contribution in [0.2, 0.25) is 0 Å². The van der Waals surface area contributed by atoms with Gasteiger partial charge < -0.3 is 19.3 Å². The molecule has 1 aliphatic rings. The third-order valence-corrected chi connectivity index (χ3v) is 4.66. The maximum absolute atomic E-state index is 13.0. The van der Waals surface area contributed by atoms with Crippen LogP contribution in [0.15, 0.2) is 36.4 Å². The van der Waals surface area contributed by atoms with Crippen molar-refractivity contribution in [3.63, 3.8) is 0 Å². The second-order valence-electron chi connectivity index (χ2n) is 6.53. The first-order chi connectivity index (χ1) is 12.9. The summed E-state index contributed by atoms with van der Waals surface area (Å²) in [7, 11) is 2.94. The van der Waals surface area contributed by atoms with Gasteiger partial charge in [-0.2, -0.15) is 4.98 Å². The Balaban J connectivity index is 1.82. The molecule has 1 aromatic carbocycles. The van der Waals surface area contributed by atoms with E-state index in [1.54, 1.807) is 21.9 Å². The van der Waals surface area contributed by atoms with E-state index >= 15 is 0 Å². The number of carbonyl (C=O) groups excluding carboxylic acids is 2. The van der Waals surface area contributed by atoms with Gasteiger partial charge in [-0.1, -0.05) is 17.7 Å². The second-order valence-corrected chi connectivity index (χ2v) is 6.53. The molecule has 7 nitrogen and oxygen atoms in total. The largest absolute Gasteiger partial charge is 0.481 e. The SMILES string of the molecule is COc1ccc(C(=O)N2CC(=O)N(c3ccc(C)cc3)C[C@@H]2C)c(OC)n1. The van der Waals surface area contributed by atoms with Gasteiger partial charge in [0.15, 0.2) is 0 Å². The van der Waals surface area contributed by atoms with Crippen LogP contribution in [0.5, 0.6) is 11.8 Å². The van der Waals surface area contributed by atoms with Crippen LogP contribution >= 0.6 is 0 Å². The monoisotopic (exact) mass is 369 g/mol. The molecule has 2 amide bonds. The summed E-state index contributed by atoms with van der Waals surface area (Å²) in [6, 6.07) is 10.9. The van der Waals surface area contributed by atoms with Crippen LogP contribution in [-0.2, 0) is 4.79 Å². The standard InChI is InChI=1S/C20H23N3O4/c1-13-5-7-15(8-6-13)23-11-14(2)22(12-18(23)24)20(25)16-9-10-17(26-3)21-19(16)27-4/h5-10,14H,11-12H2,1-4H3/t14-/m0/s1. The molecule has 2 heterocycles. The number of ether oxygens (including phenoxy) is 2. The van der Waals surface area contributed by atoms with E-state index in [0.29, 0.717) is 18.0 Å². The average molecular weight is 369 g/mol. The van der Waals surface area contributed by atoms with Crippen LogP contribution in [0.4, 0.5) is 5.69 Å². The Labute approximate surface area is 158 Å². The molecule has 3 rings (SSSR count). The lowest BCUT2D eigenvalue weighted by molar-refractivity contribution is -0.121. The molecule has 27 heavy (non-hydrogen) atoms. The Morgan fingerprint density at radius 2 is 1.81 bits per heavy atom. The Morgan fingerprint density at radius 1 is 1.11 bits per heavy atom. The zero-order chi connectivity index (χ0) is 19.6. The summed E-state index contributed by atoms with van der Waals surface area (Å²) in [5.41, 5.74) is 2.28. The molecule has 0 radical (unpaired) electrons. The number of carbonyl (C=O) groups is 2. The van der Waals surface area contributed by atoms with Crippen LogP contribution in [0.25, 0.3) is 0 Å². The molecule has 1 atom stereocenters. The zero-order valence-corrected chi connectivity index (χ0v) is 15.9. The fraction of sp³-hybridized carbons (Fsp3) is 0.350. The minimum Gasteiger partial charge on any atom is -0.481 e. The van der Waals surface area contributed by atoms with Crippen LogP contribution in [0.3, 0.4) is 0 Å². The van der Waals surface area contributed by atoms with E-state index in [0.717, 1.165) is 11.3 Å². The molecule has 0 unspecified atom stereocenters. The quantitative estimate of drug-likeness (QED) is 0.827. The lowest BCUT2D eigenvalue weighted by Gasteiger charge is -2.39. The summed E-state index contributed by atoms with van der Waals surface area (Å²) in [6.45, 7) is 4.36. The number of benzene rings is 1. The van der Waals surface area contributed by atoms with E-state index in [4.69, 9.17) is 9.47 Å².